The van der Waals surface area contributed by atoms with Gasteiger partial charge in [0.2, 0.25) is 5.91 Å². The minimum atomic E-state index is -0.702. The van der Waals surface area contributed by atoms with E-state index in [2.05, 4.69) is 4.98 Å². The number of hydrogen-bond acceptors (Lipinski definition) is 5. The zero-order chi connectivity index (χ0) is 26.2. The summed E-state index contributed by atoms with van der Waals surface area (Å²) in [5, 5.41) is 0. The number of carbonyl (C=O) groups is 1. The number of benzene rings is 3. The fourth-order valence-electron chi connectivity index (χ4n) is 4.07. The average Bonchev–Trinajstić information content (AvgIpc) is 2.89. The Labute approximate surface area is 215 Å². The molecule has 3 aromatic carbocycles. The highest BCUT2D eigenvalue weighted by molar-refractivity contribution is 5.95. The van der Waals surface area contributed by atoms with E-state index >= 15 is 0 Å². The lowest BCUT2D eigenvalue weighted by molar-refractivity contribution is -0.119. The molecule has 0 radical (unpaired) electrons. The summed E-state index contributed by atoms with van der Waals surface area (Å²) in [6.45, 7) is 2.62. The Morgan fingerprint density at radius 1 is 0.946 bits per heavy atom. The van der Waals surface area contributed by atoms with Gasteiger partial charge in [0.1, 0.15) is 11.6 Å². The largest absolute Gasteiger partial charge is 0.494 e. The predicted octanol–water partition coefficient (Wildman–Crippen LogP) is 3.87. The normalized spacial score (nSPS) is 10.7. The number of nitrogens with two attached hydrogens (primary N) is 1. The van der Waals surface area contributed by atoms with Crippen molar-refractivity contribution in [1.29, 1.82) is 0 Å². The van der Waals surface area contributed by atoms with Gasteiger partial charge in [-0.15, -0.1) is 0 Å². The van der Waals surface area contributed by atoms with Gasteiger partial charge in [-0.1, -0.05) is 72.8 Å². The number of ether oxygens (including phenoxy) is 1. The summed E-state index contributed by atoms with van der Waals surface area (Å²) >= 11 is 0. The Bertz CT molecular complexity index is 1460. The van der Waals surface area contributed by atoms with Gasteiger partial charge in [0.15, 0.2) is 5.69 Å². The maximum absolute atomic E-state index is 13.4. The van der Waals surface area contributed by atoms with Gasteiger partial charge in [-0.3, -0.25) is 19.1 Å². The monoisotopic (exact) mass is 498 g/mol. The van der Waals surface area contributed by atoms with E-state index in [1.54, 1.807) is 0 Å². The molecule has 4 rings (SSSR count). The molecule has 0 bridgehead atoms. The van der Waals surface area contributed by atoms with Crippen LogP contribution in [0.1, 0.15) is 29.5 Å². The van der Waals surface area contributed by atoms with Gasteiger partial charge in [0, 0.05) is 6.42 Å². The van der Waals surface area contributed by atoms with Crippen LogP contribution in [0.5, 0.6) is 5.75 Å². The number of nitrogens with one attached hydrogen (secondary N) is 1. The van der Waals surface area contributed by atoms with Crippen molar-refractivity contribution in [3.63, 3.8) is 0 Å². The minimum absolute atomic E-state index is 0.0380. The zero-order valence-electron chi connectivity index (χ0n) is 20.7. The number of anilines is 2. The molecular weight excluding hydrogens is 468 g/mol. The fourth-order valence-corrected chi connectivity index (χ4v) is 4.07. The smallest absolute Gasteiger partial charge is 0.330 e. The third-order valence-electron chi connectivity index (χ3n) is 5.95. The molecule has 1 amide bonds. The van der Waals surface area contributed by atoms with Crippen molar-refractivity contribution < 1.29 is 9.53 Å². The van der Waals surface area contributed by atoms with Gasteiger partial charge in [0.05, 0.1) is 19.7 Å². The van der Waals surface area contributed by atoms with Crippen LogP contribution in [0.3, 0.4) is 0 Å². The van der Waals surface area contributed by atoms with Crippen molar-refractivity contribution in [3.05, 3.63) is 122 Å². The van der Waals surface area contributed by atoms with E-state index in [0.29, 0.717) is 13.0 Å². The maximum Gasteiger partial charge on any atom is 0.330 e. The SMILES string of the molecule is Cc1cccc(OCCCC(=O)N(Cc2ccccc2)c2c(N)n(Cc3ccccc3)c(=O)[nH]c2=O)c1. The van der Waals surface area contributed by atoms with Crippen molar-refractivity contribution in [3.8, 4) is 5.75 Å². The predicted molar refractivity (Wildman–Crippen MR) is 145 cm³/mol. The lowest BCUT2D eigenvalue weighted by Gasteiger charge is -2.25. The summed E-state index contributed by atoms with van der Waals surface area (Å²) in [6.07, 6.45) is 0.578. The second-order valence-corrected chi connectivity index (χ2v) is 8.80. The number of aryl methyl sites for hydroxylation is 1. The van der Waals surface area contributed by atoms with E-state index < -0.39 is 11.2 Å². The van der Waals surface area contributed by atoms with Crippen molar-refractivity contribution in [2.45, 2.75) is 32.9 Å². The quantitative estimate of drug-likeness (QED) is 0.323. The fraction of sp³-hybridized carbons (Fsp3) is 0.207. The lowest BCUT2D eigenvalue weighted by atomic mass is 10.1. The van der Waals surface area contributed by atoms with Crippen molar-refractivity contribution in [2.75, 3.05) is 17.2 Å². The standard InChI is InChI=1S/C29H30N4O4/c1-21-10-8-15-24(18-21)37-17-9-16-25(34)32(19-22-11-4-2-5-12-22)26-27(30)33(29(36)31-28(26)35)20-23-13-6-3-7-14-23/h2-8,10-15,18H,9,16-17,19-20,30H2,1H3,(H,31,35,36). The van der Waals surface area contributed by atoms with Gasteiger partial charge in [-0.2, -0.15) is 0 Å². The molecule has 1 heterocycles. The van der Waals surface area contributed by atoms with Crippen molar-refractivity contribution in [2.24, 2.45) is 0 Å². The highest BCUT2D eigenvalue weighted by atomic mass is 16.5. The molecule has 4 aromatic rings. The van der Waals surface area contributed by atoms with Crippen LogP contribution in [0.4, 0.5) is 11.5 Å². The molecule has 0 fully saturated rings. The summed E-state index contributed by atoms with van der Waals surface area (Å²) in [5.74, 6) is 0.388. The summed E-state index contributed by atoms with van der Waals surface area (Å²) in [6, 6.07) is 26.3. The van der Waals surface area contributed by atoms with Gasteiger partial charge >= 0.3 is 5.69 Å². The van der Waals surface area contributed by atoms with Crippen molar-refractivity contribution in [1.82, 2.24) is 9.55 Å². The molecule has 0 saturated heterocycles. The highest BCUT2D eigenvalue weighted by Crippen LogP contribution is 2.22. The topological polar surface area (TPSA) is 110 Å². The number of hydrogen-bond donors (Lipinski definition) is 2. The summed E-state index contributed by atoms with van der Waals surface area (Å²) in [5.41, 5.74) is 7.77. The van der Waals surface area contributed by atoms with Gasteiger partial charge < -0.3 is 15.4 Å². The molecule has 0 unspecified atom stereocenters. The summed E-state index contributed by atoms with van der Waals surface area (Å²) in [4.78, 5) is 42.8. The Hall–Kier alpha value is -4.59. The molecule has 1 aromatic heterocycles. The Morgan fingerprint density at radius 3 is 2.30 bits per heavy atom. The number of aromatic nitrogens is 2. The molecule has 0 atom stereocenters. The molecule has 0 aliphatic rings. The second-order valence-electron chi connectivity index (χ2n) is 8.80. The van der Waals surface area contributed by atoms with Crippen LogP contribution in [-0.2, 0) is 17.9 Å². The average molecular weight is 499 g/mol. The van der Waals surface area contributed by atoms with Crippen LogP contribution in [0, 0.1) is 6.92 Å². The van der Waals surface area contributed by atoms with E-state index in [4.69, 9.17) is 10.5 Å². The number of aromatic amines is 1. The second kappa shape index (κ2) is 11.9. The van der Waals surface area contributed by atoms with Crippen LogP contribution in [0.2, 0.25) is 0 Å². The zero-order valence-corrected chi connectivity index (χ0v) is 20.7. The number of rotatable bonds is 10. The van der Waals surface area contributed by atoms with E-state index in [1.165, 1.54) is 9.47 Å². The molecular formula is C29H30N4O4. The van der Waals surface area contributed by atoms with Gasteiger partial charge in [-0.25, -0.2) is 4.79 Å². The Balaban J connectivity index is 1.60. The van der Waals surface area contributed by atoms with Crippen LogP contribution in [0.25, 0.3) is 0 Å². The first-order valence-electron chi connectivity index (χ1n) is 12.1. The highest BCUT2D eigenvalue weighted by Gasteiger charge is 2.24. The summed E-state index contributed by atoms with van der Waals surface area (Å²) in [7, 11) is 0. The van der Waals surface area contributed by atoms with E-state index in [0.717, 1.165) is 22.4 Å². The minimum Gasteiger partial charge on any atom is -0.494 e. The number of amides is 1. The first-order valence-corrected chi connectivity index (χ1v) is 12.1. The molecule has 0 aliphatic heterocycles. The molecule has 0 aliphatic carbocycles. The third-order valence-corrected chi connectivity index (χ3v) is 5.95. The first-order chi connectivity index (χ1) is 17.9. The van der Waals surface area contributed by atoms with Gasteiger partial charge in [0.25, 0.3) is 5.56 Å². The maximum atomic E-state index is 13.4. The number of H-pyrrole nitrogens is 1. The van der Waals surface area contributed by atoms with Crippen LogP contribution in [-0.4, -0.2) is 22.1 Å². The molecule has 8 heteroatoms. The third kappa shape index (κ3) is 6.55. The number of nitrogens with zero attached hydrogens (tertiary/aromatic N) is 2. The van der Waals surface area contributed by atoms with E-state index in [1.807, 2.05) is 91.9 Å². The van der Waals surface area contributed by atoms with Crippen molar-refractivity contribution >= 4 is 17.4 Å². The molecule has 37 heavy (non-hydrogen) atoms. The van der Waals surface area contributed by atoms with E-state index in [9.17, 15) is 14.4 Å². The molecule has 8 nitrogen and oxygen atoms in total. The molecule has 190 valence electrons. The number of nitrogen functional groups attached to an aromatic ring is 1. The van der Waals surface area contributed by atoms with E-state index in [-0.39, 0.29) is 36.9 Å². The molecule has 3 N–H and O–H groups in total. The lowest BCUT2D eigenvalue weighted by Crippen LogP contribution is -2.41. The molecule has 0 spiro atoms. The first kappa shape index (κ1) is 25.5. The Kier molecular flexibility index (Phi) is 8.20. The van der Waals surface area contributed by atoms with Gasteiger partial charge in [-0.05, 0) is 42.2 Å². The van der Waals surface area contributed by atoms with Crippen LogP contribution < -0.4 is 26.6 Å². The van der Waals surface area contributed by atoms with Crippen LogP contribution in [0.15, 0.2) is 94.5 Å². The Morgan fingerprint density at radius 2 is 1.62 bits per heavy atom. The number of carbonyl (C=O) groups excluding carboxylic acids is 1. The van der Waals surface area contributed by atoms with Crippen LogP contribution >= 0.6 is 0 Å². The molecule has 0 saturated carbocycles. The summed E-state index contributed by atoms with van der Waals surface area (Å²) < 4.78 is 7.06.